The van der Waals surface area contributed by atoms with Crippen molar-refractivity contribution < 1.29 is 13.9 Å². The molecule has 9 heteroatoms. The van der Waals surface area contributed by atoms with Crippen LogP contribution in [0, 0.1) is 17.1 Å². The molecule has 2 heterocycles. The van der Waals surface area contributed by atoms with Crippen LogP contribution in [0.5, 0.6) is 5.75 Å². The summed E-state index contributed by atoms with van der Waals surface area (Å²) in [4.78, 5) is 22.0. The number of nitrogens with one attached hydrogen (secondary N) is 2. The van der Waals surface area contributed by atoms with Gasteiger partial charge in [0.15, 0.2) is 0 Å². The molecule has 3 aromatic rings. The number of hydrogen-bond acceptors (Lipinski definition) is 7. The summed E-state index contributed by atoms with van der Waals surface area (Å²) in [6, 6.07) is 13.7. The summed E-state index contributed by atoms with van der Waals surface area (Å²) in [5.41, 5.74) is 2.53. The fraction of sp³-hybridized carbons (Fsp3) is 0.182. The van der Waals surface area contributed by atoms with E-state index in [4.69, 9.17) is 4.74 Å². The molecule has 1 amide bonds. The van der Waals surface area contributed by atoms with Crippen molar-refractivity contribution in [1.29, 1.82) is 5.26 Å². The summed E-state index contributed by atoms with van der Waals surface area (Å²) < 4.78 is 19.9. The van der Waals surface area contributed by atoms with Crippen molar-refractivity contribution in [2.45, 2.75) is 0 Å². The quantitative estimate of drug-likeness (QED) is 0.657. The molecule has 0 aliphatic carbocycles. The number of methoxy groups -OCH3 is 1. The molecule has 1 aliphatic heterocycles. The molecule has 0 saturated carbocycles. The van der Waals surface area contributed by atoms with E-state index in [0.717, 1.165) is 0 Å². The number of carbonyl (C=O) groups excluding carboxylic acids is 1. The van der Waals surface area contributed by atoms with E-state index < -0.39 is 5.82 Å². The minimum absolute atomic E-state index is 0.0860. The topological polar surface area (TPSA) is 103 Å². The molecule has 1 aromatic heterocycles. The second-order valence-electron chi connectivity index (χ2n) is 6.85. The van der Waals surface area contributed by atoms with Gasteiger partial charge < -0.3 is 20.3 Å². The molecule has 2 aromatic carbocycles. The molecule has 31 heavy (non-hydrogen) atoms. The smallest absolute Gasteiger partial charge is 0.239 e. The van der Waals surface area contributed by atoms with Crippen LogP contribution in [0.2, 0.25) is 0 Å². The monoisotopic (exact) mass is 418 g/mol. The number of ether oxygens (including phenoxy) is 1. The van der Waals surface area contributed by atoms with Gasteiger partial charge in [-0.1, -0.05) is 0 Å². The Balaban J connectivity index is 1.55. The summed E-state index contributed by atoms with van der Waals surface area (Å²) in [5.74, 6) is 0.133. The Labute approximate surface area is 178 Å². The highest BCUT2D eigenvalue weighted by Gasteiger charge is 2.18. The first-order valence-corrected chi connectivity index (χ1v) is 9.57. The first-order valence-electron chi connectivity index (χ1n) is 9.57. The Morgan fingerprint density at radius 3 is 2.87 bits per heavy atom. The number of nitriles is 1. The van der Waals surface area contributed by atoms with Gasteiger partial charge in [0.2, 0.25) is 11.9 Å². The third-order valence-corrected chi connectivity index (χ3v) is 4.87. The van der Waals surface area contributed by atoms with E-state index in [1.807, 2.05) is 4.90 Å². The van der Waals surface area contributed by atoms with Crippen LogP contribution in [0.15, 0.2) is 48.7 Å². The van der Waals surface area contributed by atoms with Crippen LogP contribution in [0.4, 0.5) is 21.7 Å². The zero-order valence-electron chi connectivity index (χ0n) is 16.7. The van der Waals surface area contributed by atoms with Crippen molar-refractivity contribution >= 4 is 23.2 Å². The van der Waals surface area contributed by atoms with E-state index in [1.165, 1.54) is 13.2 Å². The molecule has 156 valence electrons. The molecule has 0 unspecified atom stereocenters. The Bertz CT molecular complexity index is 1180. The minimum Gasteiger partial charge on any atom is -0.495 e. The average molecular weight is 418 g/mol. The Morgan fingerprint density at radius 1 is 1.26 bits per heavy atom. The number of carbonyl (C=O) groups is 1. The van der Waals surface area contributed by atoms with Gasteiger partial charge in [0.25, 0.3) is 0 Å². The number of amides is 1. The molecule has 4 rings (SSSR count). The third-order valence-electron chi connectivity index (χ3n) is 4.87. The molecular weight excluding hydrogens is 399 g/mol. The van der Waals surface area contributed by atoms with E-state index in [1.54, 1.807) is 42.6 Å². The summed E-state index contributed by atoms with van der Waals surface area (Å²) in [6.45, 7) is 1.35. The van der Waals surface area contributed by atoms with Crippen LogP contribution in [0.1, 0.15) is 5.56 Å². The zero-order valence-corrected chi connectivity index (χ0v) is 16.7. The Kier molecular flexibility index (Phi) is 5.62. The fourth-order valence-corrected chi connectivity index (χ4v) is 3.32. The number of hydrogen-bond donors (Lipinski definition) is 2. The van der Waals surface area contributed by atoms with Gasteiger partial charge in [-0.2, -0.15) is 5.26 Å². The number of benzene rings is 2. The van der Waals surface area contributed by atoms with Gasteiger partial charge in [0.05, 0.1) is 30.6 Å². The first kappa shape index (κ1) is 20.1. The standard InChI is InChI=1S/C22H19FN6O2/c1-31-20-5-2-14(10-15(20)12-24)18-6-7-26-22(27-18)28-19-4-3-16(11-17(19)23)29-9-8-25-21(30)13-29/h2-7,10-11H,8-9,13H2,1H3,(H,25,30)(H,26,27,28). The van der Waals surface area contributed by atoms with E-state index in [9.17, 15) is 14.4 Å². The number of rotatable bonds is 5. The lowest BCUT2D eigenvalue weighted by molar-refractivity contribution is -0.120. The second-order valence-corrected chi connectivity index (χ2v) is 6.85. The molecule has 1 saturated heterocycles. The van der Waals surface area contributed by atoms with E-state index in [0.29, 0.717) is 41.3 Å². The van der Waals surface area contributed by atoms with Crippen molar-refractivity contribution in [2.24, 2.45) is 0 Å². The van der Waals surface area contributed by atoms with Crippen molar-refractivity contribution in [3.05, 3.63) is 60.0 Å². The molecular formula is C22H19FN6O2. The van der Waals surface area contributed by atoms with Crippen molar-refractivity contribution in [1.82, 2.24) is 15.3 Å². The van der Waals surface area contributed by atoms with Gasteiger partial charge in [0, 0.05) is 30.5 Å². The Hall–Kier alpha value is -4.19. The largest absolute Gasteiger partial charge is 0.495 e. The lowest BCUT2D eigenvalue weighted by atomic mass is 10.1. The highest BCUT2D eigenvalue weighted by molar-refractivity contribution is 5.82. The van der Waals surface area contributed by atoms with Crippen LogP contribution >= 0.6 is 0 Å². The molecule has 0 spiro atoms. The summed E-state index contributed by atoms with van der Waals surface area (Å²) in [7, 11) is 1.50. The van der Waals surface area contributed by atoms with Gasteiger partial charge in [-0.25, -0.2) is 14.4 Å². The first-order chi connectivity index (χ1) is 15.1. The van der Waals surface area contributed by atoms with Gasteiger partial charge in [-0.15, -0.1) is 0 Å². The molecule has 0 radical (unpaired) electrons. The van der Waals surface area contributed by atoms with Crippen molar-refractivity contribution in [3.8, 4) is 23.1 Å². The maximum absolute atomic E-state index is 14.7. The van der Waals surface area contributed by atoms with Crippen molar-refractivity contribution in [2.75, 3.05) is 37.0 Å². The van der Waals surface area contributed by atoms with Gasteiger partial charge >= 0.3 is 0 Å². The molecule has 1 aliphatic rings. The number of aromatic nitrogens is 2. The van der Waals surface area contributed by atoms with Crippen LogP contribution in [0.3, 0.4) is 0 Å². The summed E-state index contributed by atoms with van der Waals surface area (Å²) in [6.07, 6.45) is 1.56. The van der Waals surface area contributed by atoms with E-state index >= 15 is 0 Å². The summed E-state index contributed by atoms with van der Waals surface area (Å²) in [5, 5.41) is 14.9. The highest BCUT2D eigenvalue weighted by atomic mass is 19.1. The molecule has 0 bridgehead atoms. The highest BCUT2D eigenvalue weighted by Crippen LogP contribution is 2.27. The molecule has 2 N–H and O–H groups in total. The van der Waals surface area contributed by atoms with E-state index in [2.05, 4.69) is 26.7 Å². The molecule has 1 fully saturated rings. The zero-order chi connectivity index (χ0) is 21.8. The number of halogens is 1. The molecule has 8 nitrogen and oxygen atoms in total. The lowest BCUT2D eigenvalue weighted by Crippen LogP contribution is -2.47. The maximum Gasteiger partial charge on any atom is 0.239 e. The van der Waals surface area contributed by atoms with E-state index in [-0.39, 0.29) is 24.1 Å². The second kappa shape index (κ2) is 8.67. The van der Waals surface area contributed by atoms with Crippen LogP contribution in [-0.2, 0) is 4.79 Å². The minimum atomic E-state index is -0.478. The average Bonchev–Trinajstić information content (AvgIpc) is 2.80. The lowest BCUT2D eigenvalue weighted by Gasteiger charge is -2.28. The number of piperazine rings is 1. The predicted molar refractivity (Wildman–Crippen MR) is 114 cm³/mol. The van der Waals surface area contributed by atoms with Crippen LogP contribution in [0.25, 0.3) is 11.3 Å². The van der Waals surface area contributed by atoms with Crippen LogP contribution in [-0.4, -0.2) is 42.6 Å². The number of nitrogens with zero attached hydrogens (tertiary/aromatic N) is 4. The van der Waals surface area contributed by atoms with Gasteiger partial charge in [0.1, 0.15) is 17.6 Å². The van der Waals surface area contributed by atoms with Crippen molar-refractivity contribution in [3.63, 3.8) is 0 Å². The molecule has 0 atom stereocenters. The SMILES string of the molecule is COc1ccc(-c2ccnc(Nc3ccc(N4CCNC(=O)C4)cc3F)n2)cc1C#N. The van der Waals surface area contributed by atoms with Gasteiger partial charge in [-0.05, 0) is 42.5 Å². The fourth-order valence-electron chi connectivity index (χ4n) is 3.32. The van der Waals surface area contributed by atoms with Crippen LogP contribution < -0.4 is 20.3 Å². The predicted octanol–water partition coefficient (Wildman–Crippen LogP) is 2.84. The number of anilines is 3. The maximum atomic E-state index is 14.7. The summed E-state index contributed by atoms with van der Waals surface area (Å²) >= 11 is 0. The normalized spacial score (nSPS) is 13.3. The third kappa shape index (κ3) is 4.38. The van der Waals surface area contributed by atoms with Gasteiger partial charge in [-0.3, -0.25) is 4.79 Å². The Morgan fingerprint density at radius 2 is 2.13 bits per heavy atom.